The van der Waals surface area contributed by atoms with Crippen molar-refractivity contribution in [1.29, 1.82) is 0 Å². The lowest BCUT2D eigenvalue weighted by atomic mass is 9.78. The zero-order chi connectivity index (χ0) is 13.6. The highest BCUT2D eigenvalue weighted by atomic mass is 14.2. The van der Waals surface area contributed by atoms with Gasteiger partial charge in [0.2, 0.25) is 0 Å². The first-order valence-electron chi connectivity index (χ1n) is 7.70. The van der Waals surface area contributed by atoms with E-state index in [0.717, 1.165) is 18.8 Å². The molecule has 0 saturated heterocycles. The molecule has 0 heterocycles. The van der Waals surface area contributed by atoms with Crippen LogP contribution in [0, 0.1) is 5.92 Å². The average Bonchev–Trinajstić information content (AvgIpc) is 2.52. The van der Waals surface area contributed by atoms with Crippen LogP contribution in [-0.4, -0.2) is 0 Å². The van der Waals surface area contributed by atoms with Crippen LogP contribution >= 0.6 is 0 Å². The summed E-state index contributed by atoms with van der Waals surface area (Å²) in [5, 5.41) is 0. The fraction of sp³-hybridized carbons (Fsp3) is 0.300. The van der Waals surface area contributed by atoms with Crippen molar-refractivity contribution in [3.63, 3.8) is 0 Å². The fourth-order valence-electron chi connectivity index (χ4n) is 3.13. The van der Waals surface area contributed by atoms with Gasteiger partial charge in [0.05, 0.1) is 0 Å². The second kappa shape index (κ2) is 6.56. The molecule has 0 fully saturated rings. The largest absolute Gasteiger partial charge is 0.0842 e. The Morgan fingerprint density at radius 3 is 2.65 bits per heavy atom. The van der Waals surface area contributed by atoms with E-state index in [2.05, 4.69) is 66.8 Å². The van der Waals surface area contributed by atoms with Gasteiger partial charge in [-0.2, -0.15) is 0 Å². The molecule has 20 heavy (non-hydrogen) atoms. The SMILES string of the molecule is C1=CC=CCCC(C2=CC3=CC=CCC3CC2)=CC=C1. The number of fused-ring (bicyclic) bond motifs is 1. The van der Waals surface area contributed by atoms with Crippen molar-refractivity contribution < 1.29 is 0 Å². The van der Waals surface area contributed by atoms with Gasteiger partial charge in [0.15, 0.2) is 0 Å². The minimum absolute atomic E-state index is 0.766. The molecule has 0 amide bonds. The quantitative estimate of drug-likeness (QED) is 0.577. The van der Waals surface area contributed by atoms with Gasteiger partial charge in [-0.3, -0.25) is 0 Å². The maximum absolute atomic E-state index is 2.45. The zero-order valence-corrected chi connectivity index (χ0v) is 12.0. The number of rotatable bonds is 1. The Labute approximate surface area is 122 Å². The Balaban J connectivity index is 1.85. The van der Waals surface area contributed by atoms with Crippen molar-refractivity contribution >= 4 is 0 Å². The molecule has 0 radical (unpaired) electrons. The van der Waals surface area contributed by atoms with Crippen LogP contribution in [0.2, 0.25) is 0 Å². The molecule has 102 valence electrons. The van der Waals surface area contributed by atoms with Crippen molar-refractivity contribution in [1.82, 2.24) is 0 Å². The molecule has 0 aromatic carbocycles. The summed E-state index contributed by atoms with van der Waals surface area (Å²) in [5.74, 6) is 0.766. The molecule has 0 nitrogen and oxygen atoms in total. The molecule has 3 aliphatic rings. The van der Waals surface area contributed by atoms with E-state index in [1.54, 1.807) is 5.57 Å². The molecule has 0 aliphatic heterocycles. The standard InChI is InChI=1S/C20H22/c1-2-4-6-10-17(11-7-5-3-1)20-15-14-18-12-8-9-13-19(18)16-20/h1-6,8-10,13,16,18H,7,11-12,14-15H2. The lowest BCUT2D eigenvalue weighted by Crippen LogP contribution is -2.11. The van der Waals surface area contributed by atoms with Crippen LogP contribution in [-0.2, 0) is 0 Å². The van der Waals surface area contributed by atoms with E-state index in [4.69, 9.17) is 0 Å². The van der Waals surface area contributed by atoms with Crippen molar-refractivity contribution in [3.8, 4) is 0 Å². The molecule has 0 bridgehead atoms. The monoisotopic (exact) mass is 262 g/mol. The smallest absolute Gasteiger partial charge is 0.0124 e. The highest BCUT2D eigenvalue weighted by molar-refractivity contribution is 5.44. The molecule has 1 unspecified atom stereocenters. The minimum Gasteiger partial charge on any atom is -0.0842 e. The van der Waals surface area contributed by atoms with Gasteiger partial charge in [0.25, 0.3) is 0 Å². The predicted octanol–water partition coefficient (Wildman–Crippen LogP) is 5.60. The third-order valence-electron chi connectivity index (χ3n) is 4.29. The maximum atomic E-state index is 2.45. The van der Waals surface area contributed by atoms with E-state index in [1.807, 2.05) is 0 Å². The normalized spacial score (nSPS) is 25.6. The van der Waals surface area contributed by atoms with Gasteiger partial charge in [-0.15, -0.1) is 0 Å². The van der Waals surface area contributed by atoms with Crippen molar-refractivity contribution in [2.75, 3.05) is 0 Å². The molecule has 1 atom stereocenters. The summed E-state index contributed by atoms with van der Waals surface area (Å²) in [6.07, 6.45) is 30.5. The molecule has 0 N–H and O–H groups in total. The second-order valence-electron chi connectivity index (χ2n) is 5.66. The van der Waals surface area contributed by atoms with Crippen LogP contribution in [0.1, 0.15) is 32.1 Å². The Morgan fingerprint density at radius 2 is 1.65 bits per heavy atom. The Bertz CT molecular complexity index is 559. The van der Waals surface area contributed by atoms with Crippen molar-refractivity contribution in [3.05, 3.63) is 83.6 Å². The van der Waals surface area contributed by atoms with Gasteiger partial charge < -0.3 is 0 Å². The van der Waals surface area contributed by atoms with Crippen molar-refractivity contribution in [2.24, 2.45) is 5.92 Å². The number of hydrogen-bond acceptors (Lipinski definition) is 0. The molecular weight excluding hydrogens is 240 g/mol. The van der Waals surface area contributed by atoms with Gasteiger partial charge >= 0.3 is 0 Å². The van der Waals surface area contributed by atoms with E-state index in [9.17, 15) is 0 Å². The van der Waals surface area contributed by atoms with E-state index >= 15 is 0 Å². The summed E-state index contributed by atoms with van der Waals surface area (Å²) in [5.41, 5.74) is 4.59. The zero-order valence-electron chi connectivity index (χ0n) is 12.0. The van der Waals surface area contributed by atoms with Crippen molar-refractivity contribution in [2.45, 2.75) is 32.1 Å². The van der Waals surface area contributed by atoms with Crippen LogP contribution in [0.25, 0.3) is 0 Å². The Kier molecular flexibility index (Phi) is 4.32. The summed E-state index contributed by atoms with van der Waals surface area (Å²) in [7, 11) is 0. The summed E-state index contributed by atoms with van der Waals surface area (Å²) >= 11 is 0. The molecule has 0 aromatic heterocycles. The average molecular weight is 262 g/mol. The van der Waals surface area contributed by atoms with E-state index in [1.165, 1.54) is 30.4 Å². The molecule has 0 saturated carbocycles. The summed E-state index contributed by atoms with van der Waals surface area (Å²) in [6, 6.07) is 0. The Morgan fingerprint density at radius 1 is 0.750 bits per heavy atom. The highest BCUT2D eigenvalue weighted by Crippen LogP contribution is 2.36. The van der Waals surface area contributed by atoms with E-state index in [0.29, 0.717) is 0 Å². The summed E-state index contributed by atoms with van der Waals surface area (Å²) < 4.78 is 0. The first-order valence-corrected chi connectivity index (χ1v) is 7.70. The van der Waals surface area contributed by atoms with Gasteiger partial charge in [-0.05, 0) is 54.7 Å². The summed E-state index contributed by atoms with van der Waals surface area (Å²) in [4.78, 5) is 0. The molecule has 3 rings (SSSR count). The predicted molar refractivity (Wildman–Crippen MR) is 87.4 cm³/mol. The maximum Gasteiger partial charge on any atom is -0.0124 e. The topological polar surface area (TPSA) is 0 Å². The minimum atomic E-state index is 0.766. The Hall–Kier alpha value is -1.82. The van der Waals surface area contributed by atoms with Crippen LogP contribution < -0.4 is 0 Å². The first kappa shape index (κ1) is 13.2. The third kappa shape index (κ3) is 3.19. The first-order chi connectivity index (χ1) is 9.93. The van der Waals surface area contributed by atoms with Crippen LogP contribution in [0.4, 0.5) is 0 Å². The lowest BCUT2D eigenvalue weighted by molar-refractivity contribution is 0.554. The molecular formula is C20H22. The molecule has 3 aliphatic carbocycles. The van der Waals surface area contributed by atoms with Gasteiger partial charge in [0.1, 0.15) is 0 Å². The number of hydrogen-bond donors (Lipinski definition) is 0. The second-order valence-corrected chi connectivity index (χ2v) is 5.66. The van der Waals surface area contributed by atoms with E-state index in [-0.39, 0.29) is 0 Å². The molecule has 0 heteroatoms. The summed E-state index contributed by atoms with van der Waals surface area (Å²) in [6.45, 7) is 0. The number of allylic oxidation sites excluding steroid dienone is 14. The third-order valence-corrected chi connectivity index (χ3v) is 4.29. The fourth-order valence-corrected chi connectivity index (χ4v) is 3.13. The highest BCUT2D eigenvalue weighted by Gasteiger charge is 2.20. The van der Waals surface area contributed by atoms with Crippen LogP contribution in [0.15, 0.2) is 83.6 Å². The van der Waals surface area contributed by atoms with Crippen LogP contribution in [0.5, 0.6) is 0 Å². The van der Waals surface area contributed by atoms with Gasteiger partial charge in [0, 0.05) is 0 Å². The molecule has 0 spiro atoms. The van der Waals surface area contributed by atoms with Crippen LogP contribution in [0.3, 0.4) is 0 Å². The molecule has 0 aromatic rings. The van der Waals surface area contributed by atoms with Gasteiger partial charge in [-0.1, -0.05) is 66.8 Å². The van der Waals surface area contributed by atoms with E-state index < -0.39 is 0 Å². The lowest BCUT2D eigenvalue weighted by Gasteiger charge is -2.27. The van der Waals surface area contributed by atoms with Gasteiger partial charge in [-0.25, -0.2) is 0 Å².